The molecule has 0 atom stereocenters. The van der Waals surface area contributed by atoms with Crippen molar-refractivity contribution in [1.29, 1.82) is 0 Å². The van der Waals surface area contributed by atoms with Gasteiger partial charge in [-0.1, -0.05) is 23.9 Å². The minimum atomic E-state index is -0.619. The van der Waals surface area contributed by atoms with Crippen molar-refractivity contribution < 1.29 is 14.1 Å². The largest absolute Gasteiger partial charge is 0.433 e. The Bertz CT molecular complexity index is 1040. The van der Waals surface area contributed by atoms with Gasteiger partial charge in [-0.3, -0.25) is 14.9 Å². The van der Waals surface area contributed by atoms with E-state index >= 15 is 0 Å². The summed E-state index contributed by atoms with van der Waals surface area (Å²) >= 11 is 6.41. The quantitative estimate of drug-likeness (QED) is 0.224. The lowest BCUT2D eigenvalue weighted by Crippen LogP contribution is -2.21. The number of benzene rings is 1. The van der Waals surface area contributed by atoms with Gasteiger partial charge in [-0.05, 0) is 54.2 Å². The Labute approximate surface area is 176 Å². The molecule has 10 heteroatoms. The molecule has 0 radical (unpaired) electrons. The van der Waals surface area contributed by atoms with Crippen molar-refractivity contribution in [3.8, 4) is 0 Å². The first kappa shape index (κ1) is 20.5. The number of hydrogen-bond acceptors (Lipinski definition) is 8. The molecule has 1 aliphatic heterocycles. The van der Waals surface area contributed by atoms with Crippen LogP contribution in [0, 0.1) is 10.1 Å². The van der Waals surface area contributed by atoms with Gasteiger partial charge in [0, 0.05) is 26.0 Å². The smallest absolute Gasteiger partial charge is 0.401 e. The maximum Gasteiger partial charge on any atom is 0.433 e. The van der Waals surface area contributed by atoms with Crippen molar-refractivity contribution >= 4 is 64.1 Å². The van der Waals surface area contributed by atoms with Crippen molar-refractivity contribution in [2.75, 3.05) is 19.0 Å². The highest BCUT2D eigenvalue weighted by Crippen LogP contribution is 2.32. The van der Waals surface area contributed by atoms with Gasteiger partial charge in [0.05, 0.1) is 11.0 Å². The fourth-order valence-electron chi connectivity index (χ4n) is 2.35. The maximum atomic E-state index is 12.5. The van der Waals surface area contributed by atoms with Gasteiger partial charge in [-0.2, -0.15) is 10.1 Å². The Morgan fingerprint density at radius 2 is 1.97 bits per heavy atom. The van der Waals surface area contributed by atoms with E-state index in [0.717, 1.165) is 16.3 Å². The second-order valence-corrected chi connectivity index (χ2v) is 7.71. The van der Waals surface area contributed by atoms with Gasteiger partial charge >= 0.3 is 5.88 Å². The topological polar surface area (TPSA) is 92.2 Å². The molecule has 0 unspecified atom stereocenters. The summed E-state index contributed by atoms with van der Waals surface area (Å²) in [4.78, 5) is 25.0. The summed E-state index contributed by atoms with van der Waals surface area (Å²) < 4.78 is 5.32. The molecule has 1 aromatic carbocycles. The normalized spacial score (nSPS) is 15.9. The molecule has 2 aromatic rings. The van der Waals surface area contributed by atoms with Crippen molar-refractivity contribution in [3.05, 3.63) is 68.8 Å². The fraction of sp³-hybridized carbons (Fsp3) is 0.105. The van der Waals surface area contributed by atoms with Crippen molar-refractivity contribution in [1.82, 2.24) is 5.01 Å². The number of thioether (sulfide) groups is 1. The van der Waals surface area contributed by atoms with Crippen molar-refractivity contribution in [3.63, 3.8) is 0 Å². The first-order valence-electron chi connectivity index (χ1n) is 8.35. The molecule has 0 N–H and O–H groups in total. The highest BCUT2D eigenvalue weighted by atomic mass is 32.2. The molecular weight excluding hydrogens is 412 g/mol. The lowest BCUT2D eigenvalue weighted by Gasteiger charge is -2.11. The van der Waals surface area contributed by atoms with Crippen LogP contribution in [0.1, 0.15) is 11.3 Å². The summed E-state index contributed by atoms with van der Waals surface area (Å²) in [6.07, 6.45) is 6.14. The number of anilines is 1. The van der Waals surface area contributed by atoms with Crippen LogP contribution >= 0.6 is 24.0 Å². The Kier molecular flexibility index (Phi) is 6.25. The number of amides is 1. The molecule has 0 spiro atoms. The highest BCUT2D eigenvalue weighted by Gasteiger charge is 2.31. The minimum Gasteiger partial charge on any atom is -0.401 e. The zero-order chi connectivity index (χ0) is 21.0. The molecule has 1 aliphatic rings. The number of thiocarbonyl (C=S) groups is 1. The van der Waals surface area contributed by atoms with E-state index in [0.29, 0.717) is 15.0 Å². The maximum absolute atomic E-state index is 12.5. The summed E-state index contributed by atoms with van der Waals surface area (Å²) in [5.41, 5.74) is 1.95. The number of rotatable bonds is 6. The fourth-order valence-corrected chi connectivity index (χ4v) is 3.52. The van der Waals surface area contributed by atoms with Gasteiger partial charge in [0.25, 0.3) is 5.91 Å². The van der Waals surface area contributed by atoms with E-state index in [-0.39, 0.29) is 11.8 Å². The molecule has 8 nitrogen and oxygen atoms in total. The van der Waals surface area contributed by atoms with Gasteiger partial charge in [0.1, 0.15) is 10.7 Å². The summed E-state index contributed by atoms with van der Waals surface area (Å²) in [6, 6.07) is 10.5. The molecule has 0 bridgehead atoms. The molecule has 148 valence electrons. The monoisotopic (exact) mass is 428 g/mol. The third-order valence-corrected chi connectivity index (χ3v) is 5.08. The Morgan fingerprint density at radius 3 is 2.59 bits per heavy atom. The molecule has 1 amide bonds. The number of nitro groups is 1. The Morgan fingerprint density at radius 1 is 1.24 bits per heavy atom. The number of nitrogens with zero attached hydrogens (tertiary/aromatic N) is 4. The van der Waals surface area contributed by atoms with Crippen LogP contribution in [0.2, 0.25) is 0 Å². The van der Waals surface area contributed by atoms with Gasteiger partial charge in [-0.15, -0.1) is 0 Å². The molecule has 1 fully saturated rings. The lowest BCUT2D eigenvalue weighted by molar-refractivity contribution is -0.402. The second-order valence-electron chi connectivity index (χ2n) is 6.04. The predicted octanol–water partition coefficient (Wildman–Crippen LogP) is 4.15. The Hall–Kier alpha value is -3.24. The first-order valence-corrected chi connectivity index (χ1v) is 9.58. The number of carbonyl (C=O) groups excluding carboxylic acids is 1. The van der Waals surface area contributed by atoms with Crippen LogP contribution in [0.15, 0.2) is 56.9 Å². The number of hydrazone groups is 1. The third kappa shape index (κ3) is 4.98. The van der Waals surface area contributed by atoms with Crippen LogP contribution in [-0.2, 0) is 4.79 Å². The summed E-state index contributed by atoms with van der Waals surface area (Å²) in [6.45, 7) is 0. The molecule has 1 aromatic heterocycles. The van der Waals surface area contributed by atoms with Crippen LogP contribution in [0.5, 0.6) is 0 Å². The van der Waals surface area contributed by atoms with Gasteiger partial charge in [0.15, 0.2) is 4.32 Å². The van der Waals surface area contributed by atoms with E-state index in [1.807, 2.05) is 43.3 Å². The summed E-state index contributed by atoms with van der Waals surface area (Å²) in [5.74, 6) is -0.355. The van der Waals surface area contributed by atoms with E-state index in [9.17, 15) is 14.9 Å². The molecular formula is C19H16N4O4S2. The van der Waals surface area contributed by atoms with Gasteiger partial charge < -0.3 is 9.32 Å². The third-order valence-electron chi connectivity index (χ3n) is 3.80. The molecule has 2 heterocycles. The average Bonchev–Trinajstić information content (AvgIpc) is 3.25. The van der Waals surface area contributed by atoms with Crippen LogP contribution in [0.3, 0.4) is 0 Å². The SMILES string of the molecule is CN(C)c1ccc(/C=C2/SC(=S)N(/N=C/C=C/c3ccc([N+](=O)[O-])o3)C2=O)cc1. The zero-order valence-corrected chi connectivity index (χ0v) is 17.1. The molecule has 3 rings (SSSR count). The van der Waals surface area contributed by atoms with E-state index < -0.39 is 4.92 Å². The van der Waals surface area contributed by atoms with Gasteiger partial charge in [-0.25, -0.2) is 0 Å². The van der Waals surface area contributed by atoms with E-state index in [2.05, 4.69) is 5.10 Å². The second kappa shape index (κ2) is 8.84. The van der Waals surface area contributed by atoms with Crippen molar-refractivity contribution in [2.24, 2.45) is 5.10 Å². The number of allylic oxidation sites excluding steroid dienone is 1. The number of carbonyl (C=O) groups is 1. The number of hydrogen-bond donors (Lipinski definition) is 0. The summed E-state index contributed by atoms with van der Waals surface area (Å²) in [5, 5.41) is 15.8. The molecule has 29 heavy (non-hydrogen) atoms. The standard InChI is InChI=1S/C19H16N4O4S2/c1-21(2)14-7-5-13(6-8-14)12-16-18(24)22(19(28)29-16)20-11-3-4-15-9-10-17(27-15)23(25)26/h3-12H,1-2H3/b4-3+,16-12+,20-11+. The van der Waals surface area contributed by atoms with Crippen LogP contribution in [0.4, 0.5) is 11.6 Å². The van der Waals surface area contributed by atoms with Crippen LogP contribution in [-0.4, -0.2) is 40.5 Å². The molecule has 0 aliphatic carbocycles. The number of furan rings is 1. The van der Waals surface area contributed by atoms with Crippen LogP contribution in [0.25, 0.3) is 12.2 Å². The van der Waals surface area contributed by atoms with E-state index in [4.69, 9.17) is 16.6 Å². The highest BCUT2D eigenvalue weighted by molar-refractivity contribution is 8.26. The van der Waals surface area contributed by atoms with Gasteiger partial charge in [0.2, 0.25) is 0 Å². The average molecular weight is 428 g/mol. The van der Waals surface area contributed by atoms with Crippen molar-refractivity contribution in [2.45, 2.75) is 0 Å². The lowest BCUT2D eigenvalue weighted by atomic mass is 10.2. The minimum absolute atomic E-state index is 0.301. The van der Waals surface area contributed by atoms with Crippen LogP contribution < -0.4 is 4.90 Å². The van der Waals surface area contributed by atoms with E-state index in [1.165, 1.54) is 42.3 Å². The first-order chi connectivity index (χ1) is 13.8. The summed E-state index contributed by atoms with van der Waals surface area (Å²) in [7, 11) is 3.92. The zero-order valence-electron chi connectivity index (χ0n) is 15.5. The van der Waals surface area contributed by atoms with E-state index in [1.54, 1.807) is 6.08 Å². The Balaban J connectivity index is 1.67. The predicted molar refractivity (Wildman–Crippen MR) is 119 cm³/mol. The molecule has 0 saturated carbocycles. The molecule has 1 saturated heterocycles.